The van der Waals surface area contributed by atoms with Crippen molar-refractivity contribution in [3.63, 3.8) is 0 Å². The van der Waals surface area contributed by atoms with E-state index in [1.54, 1.807) is 6.92 Å². The van der Waals surface area contributed by atoms with Crippen LogP contribution in [0, 0.1) is 6.92 Å². The molecule has 1 aromatic heterocycles. The van der Waals surface area contributed by atoms with Gasteiger partial charge in [-0.3, -0.25) is 24.0 Å². The zero-order valence-electron chi connectivity index (χ0n) is 14.3. The summed E-state index contributed by atoms with van der Waals surface area (Å²) in [6, 6.07) is -0.593. The van der Waals surface area contributed by atoms with Crippen LogP contribution in [0.4, 0.5) is 0 Å². The predicted octanol–water partition coefficient (Wildman–Crippen LogP) is -0.402. The number of carbonyl (C=O) groups excluding carboxylic acids is 1. The second-order valence-corrected chi connectivity index (χ2v) is 5.84. The van der Waals surface area contributed by atoms with Gasteiger partial charge >= 0.3 is 5.69 Å². The third-order valence-electron chi connectivity index (χ3n) is 3.90. The minimum Gasteiger partial charge on any atom is -0.352 e. The fourth-order valence-corrected chi connectivity index (χ4v) is 2.54. The zero-order chi connectivity index (χ0) is 19.1. The molecule has 1 amide bonds. The molecule has 142 valence electrons. The molecule has 1 aliphatic heterocycles. The molecule has 0 bridgehead atoms. The molecule has 0 unspecified atom stereocenters. The molecule has 2 rings (SSSR count). The summed E-state index contributed by atoms with van der Waals surface area (Å²) in [6.45, 7) is 1.89. The van der Waals surface area contributed by atoms with Crippen LogP contribution >= 0.6 is 0 Å². The molecule has 0 saturated carbocycles. The Bertz CT molecular complexity index is 798. The fourth-order valence-electron chi connectivity index (χ4n) is 2.54. The third-order valence-corrected chi connectivity index (χ3v) is 3.90. The highest BCUT2D eigenvalue weighted by Gasteiger charge is 2.36. The number of hydrogen-bond donors (Lipinski definition) is 3. The topological polar surface area (TPSA) is 177 Å². The maximum absolute atomic E-state index is 12.0. The predicted molar refractivity (Wildman–Crippen MR) is 89.9 cm³/mol. The lowest BCUT2D eigenvalue weighted by Gasteiger charge is -2.16. The van der Waals surface area contributed by atoms with Gasteiger partial charge in [0.05, 0.1) is 12.1 Å². The summed E-state index contributed by atoms with van der Waals surface area (Å²) in [5.74, 6) is -0.321. The summed E-state index contributed by atoms with van der Waals surface area (Å²) in [5.41, 5.74) is 15.5. The number of rotatable bonds is 8. The first-order valence-electron chi connectivity index (χ1n) is 8.08. The molecule has 2 heterocycles. The van der Waals surface area contributed by atoms with E-state index in [0.29, 0.717) is 18.5 Å². The van der Waals surface area contributed by atoms with E-state index in [1.165, 1.54) is 10.8 Å². The number of H-pyrrole nitrogens is 1. The standard InChI is InChI=1S/C14H21N7O5/c1-8-6-21(14(24)17-13(8)23)12-5-9(18-20-16)10(26-12)7-25-19-11(22)3-2-4-15/h6,9-10,12H,2-5,7,15H2,1H3,(H,19,22)(H,17,23,24)/t9-,10+,12+/m0/s1. The van der Waals surface area contributed by atoms with E-state index >= 15 is 0 Å². The van der Waals surface area contributed by atoms with Crippen LogP contribution in [0.3, 0.4) is 0 Å². The summed E-state index contributed by atoms with van der Waals surface area (Å²) in [6.07, 6.45) is 0.991. The summed E-state index contributed by atoms with van der Waals surface area (Å²) in [7, 11) is 0. The maximum atomic E-state index is 12.0. The Labute approximate surface area is 147 Å². The van der Waals surface area contributed by atoms with E-state index in [1.807, 2.05) is 0 Å². The van der Waals surface area contributed by atoms with Gasteiger partial charge in [0.15, 0.2) is 0 Å². The second-order valence-electron chi connectivity index (χ2n) is 5.84. The Hall–Kier alpha value is -2.66. The molecular formula is C14H21N7O5. The van der Waals surface area contributed by atoms with Crippen LogP contribution in [0.5, 0.6) is 0 Å². The minimum absolute atomic E-state index is 0.0639. The van der Waals surface area contributed by atoms with E-state index in [9.17, 15) is 14.4 Å². The Morgan fingerprint density at radius 1 is 1.62 bits per heavy atom. The Kier molecular flexibility index (Phi) is 6.92. The molecule has 3 atom stereocenters. The lowest BCUT2D eigenvalue weighted by Crippen LogP contribution is -2.34. The Balaban J connectivity index is 2.03. The van der Waals surface area contributed by atoms with Crippen molar-refractivity contribution in [2.45, 2.75) is 44.6 Å². The average Bonchev–Trinajstić information content (AvgIpc) is 2.99. The summed E-state index contributed by atoms with van der Waals surface area (Å²) in [5, 5.41) is 3.66. The van der Waals surface area contributed by atoms with Crippen LogP contribution in [-0.4, -0.2) is 40.8 Å². The van der Waals surface area contributed by atoms with Gasteiger partial charge in [-0.05, 0) is 25.4 Å². The van der Waals surface area contributed by atoms with Gasteiger partial charge in [-0.1, -0.05) is 5.11 Å². The number of hydroxylamine groups is 1. The van der Waals surface area contributed by atoms with Crippen molar-refractivity contribution in [3.8, 4) is 0 Å². The number of nitrogens with zero attached hydrogens (tertiary/aromatic N) is 4. The Morgan fingerprint density at radius 2 is 2.38 bits per heavy atom. The monoisotopic (exact) mass is 367 g/mol. The van der Waals surface area contributed by atoms with E-state index in [-0.39, 0.29) is 25.4 Å². The van der Waals surface area contributed by atoms with Gasteiger partial charge in [0.2, 0.25) is 5.91 Å². The van der Waals surface area contributed by atoms with E-state index in [2.05, 4.69) is 20.5 Å². The van der Waals surface area contributed by atoms with Gasteiger partial charge in [-0.15, -0.1) is 0 Å². The highest BCUT2D eigenvalue weighted by Crippen LogP contribution is 2.30. The second kappa shape index (κ2) is 9.15. The van der Waals surface area contributed by atoms with Crippen molar-refractivity contribution in [2.75, 3.05) is 13.2 Å². The van der Waals surface area contributed by atoms with Gasteiger partial charge in [0.25, 0.3) is 5.56 Å². The number of ether oxygens (including phenoxy) is 1. The molecule has 12 heteroatoms. The van der Waals surface area contributed by atoms with Crippen molar-refractivity contribution < 1.29 is 14.4 Å². The third kappa shape index (κ3) is 4.92. The molecule has 12 nitrogen and oxygen atoms in total. The molecule has 1 saturated heterocycles. The van der Waals surface area contributed by atoms with Crippen molar-refractivity contribution in [1.82, 2.24) is 15.0 Å². The van der Waals surface area contributed by atoms with Gasteiger partial charge in [-0.25, -0.2) is 10.3 Å². The zero-order valence-corrected chi connectivity index (χ0v) is 14.3. The highest BCUT2D eigenvalue weighted by atomic mass is 16.7. The first-order valence-corrected chi connectivity index (χ1v) is 8.08. The number of nitrogens with one attached hydrogen (secondary N) is 2. The van der Waals surface area contributed by atoms with Crippen LogP contribution in [0.15, 0.2) is 20.9 Å². The number of azide groups is 1. The molecule has 1 fully saturated rings. The van der Waals surface area contributed by atoms with Gasteiger partial charge in [0.1, 0.15) is 12.8 Å². The quantitative estimate of drug-likeness (QED) is 0.243. The molecule has 0 radical (unpaired) electrons. The molecule has 0 aliphatic carbocycles. The first-order chi connectivity index (χ1) is 12.5. The van der Waals surface area contributed by atoms with E-state index < -0.39 is 29.6 Å². The molecule has 1 aromatic rings. The number of nitrogens with two attached hydrogens (primary N) is 1. The maximum Gasteiger partial charge on any atom is 0.330 e. The van der Waals surface area contributed by atoms with Gasteiger partial charge in [0, 0.05) is 29.5 Å². The number of aryl methyl sites for hydroxylation is 1. The average molecular weight is 367 g/mol. The normalized spacial score (nSPS) is 22.0. The van der Waals surface area contributed by atoms with Crippen molar-refractivity contribution in [1.29, 1.82) is 0 Å². The van der Waals surface area contributed by atoms with Crippen LogP contribution in [-0.2, 0) is 14.4 Å². The lowest BCUT2D eigenvalue weighted by atomic mass is 10.1. The van der Waals surface area contributed by atoms with E-state index in [0.717, 1.165) is 0 Å². The smallest absolute Gasteiger partial charge is 0.330 e. The van der Waals surface area contributed by atoms with Crippen LogP contribution in [0.2, 0.25) is 0 Å². The number of aromatic nitrogens is 2. The molecule has 0 aromatic carbocycles. The lowest BCUT2D eigenvalue weighted by molar-refractivity contribution is -0.138. The largest absolute Gasteiger partial charge is 0.352 e. The molecule has 4 N–H and O–H groups in total. The SMILES string of the molecule is Cc1cn([C@H]2C[C@H](N=[N+]=[N-])[C@@H](CONC(=O)CCCN)O2)c(=O)[nH]c1=O. The van der Waals surface area contributed by atoms with Gasteiger partial charge in [-0.2, -0.15) is 0 Å². The van der Waals surface area contributed by atoms with Crippen LogP contribution < -0.4 is 22.5 Å². The first kappa shape index (κ1) is 19.7. The van der Waals surface area contributed by atoms with Crippen LogP contribution in [0.25, 0.3) is 10.4 Å². The fraction of sp³-hybridized carbons (Fsp3) is 0.643. The Morgan fingerprint density at radius 3 is 3.08 bits per heavy atom. The number of hydrogen-bond acceptors (Lipinski definition) is 7. The van der Waals surface area contributed by atoms with E-state index in [4.69, 9.17) is 20.8 Å². The van der Waals surface area contributed by atoms with Crippen molar-refractivity contribution in [3.05, 3.63) is 43.0 Å². The number of aromatic amines is 1. The van der Waals surface area contributed by atoms with Crippen LogP contribution in [0.1, 0.15) is 31.1 Å². The molecule has 0 spiro atoms. The van der Waals surface area contributed by atoms with Gasteiger partial charge < -0.3 is 10.5 Å². The number of amides is 1. The molecule has 1 aliphatic rings. The van der Waals surface area contributed by atoms with Crippen molar-refractivity contribution in [2.24, 2.45) is 10.8 Å². The van der Waals surface area contributed by atoms with Crippen molar-refractivity contribution >= 4 is 5.91 Å². The highest BCUT2D eigenvalue weighted by molar-refractivity contribution is 5.74. The summed E-state index contributed by atoms with van der Waals surface area (Å²) < 4.78 is 6.96. The summed E-state index contributed by atoms with van der Waals surface area (Å²) >= 11 is 0. The number of carbonyl (C=O) groups is 1. The minimum atomic E-state index is -0.727. The molecule has 26 heavy (non-hydrogen) atoms. The summed E-state index contributed by atoms with van der Waals surface area (Å²) in [4.78, 5) is 45.0. The molecular weight excluding hydrogens is 346 g/mol.